The van der Waals surface area contributed by atoms with Crippen molar-refractivity contribution in [1.29, 1.82) is 5.26 Å². The summed E-state index contributed by atoms with van der Waals surface area (Å²) in [5.74, 6) is -0.426. The van der Waals surface area contributed by atoms with Crippen LogP contribution in [-0.2, 0) is 17.8 Å². The maximum absolute atomic E-state index is 12.1. The molecule has 2 aromatic rings. The minimum absolute atomic E-state index is 0.0379. The summed E-state index contributed by atoms with van der Waals surface area (Å²) < 4.78 is 0. The maximum atomic E-state index is 12.1. The molecule has 0 atom stereocenters. The van der Waals surface area contributed by atoms with E-state index in [4.69, 9.17) is 16.9 Å². The average molecular weight is 354 g/mol. The van der Waals surface area contributed by atoms with Gasteiger partial charge in [-0.1, -0.05) is 59.6 Å². The number of nitrogens with one attached hydrogen (secondary N) is 2. The molecular formula is C20H20ClN3O. The second kappa shape index (κ2) is 9.51. The Kier molecular flexibility index (Phi) is 7.06. The first-order valence-corrected chi connectivity index (χ1v) is 8.38. The molecule has 128 valence electrons. The van der Waals surface area contributed by atoms with Crippen LogP contribution in [0.4, 0.5) is 0 Å². The van der Waals surface area contributed by atoms with Crippen molar-refractivity contribution in [2.24, 2.45) is 0 Å². The first-order chi connectivity index (χ1) is 12.1. The molecule has 4 nitrogen and oxygen atoms in total. The molecule has 25 heavy (non-hydrogen) atoms. The molecule has 2 N–H and O–H groups in total. The molecule has 0 radical (unpaired) electrons. The minimum atomic E-state index is -0.426. The van der Waals surface area contributed by atoms with Crippen LogP contribution in [-0.4, -0.2) is 12.5 Å². The van der Waals surface area contributed by atoms with Gasteiger partial charge in [0.05, 0.1) is 0 Å². The molecule has 0 heterocycles. The standard InChI is InChI=1S/C20H20ClN3O/c1-15-6-8-16(9-7-15)10-11-23-13-18(12-22)20(25)24-14-17-4-2-3-5-19(17)21/h2-9,13,23H,10-11,14H2,1H3,(H,24,25)/b18-13-. The second-order valence-corrected chi connectivity index (χ2v) is 6.04. The highest BCUT2D eigenvalue weighted by Gasteiger charge is 2.09. The SMILES string of the molecule is Cc1ccc(CCN/C=C(/C#N)C(=O)NCc2ccccc2Cl)cc1. The van der Waals surface area contributed by atoms with Gasteiger partial charge in [0.25, 0.3) is 5.91 Å². The van der Waals surface area contributed by atoms with E-state index < -0.39 is 5.91 Å². The van der Waals surface area contributed by atoms with E-state index in [-0.39, 0.29) is 12.1 Å². The van der Waals surface area contributed by atoms with E-state index in [0.717, 1.165) is 12.0 Å². The first-order valence-electron chi connectivity index (χ1n) is 8.01. The van der Waals surface area contributed by atoms with Crippen molar-refractivity contribution < 1.29 is 4.79 Å². The van der Waals surface area contributed by atoms with E-state index in [0.29, 0.717) is 11.6 Å². The number of hydrogen-bond acceptors (Lipinski definition) is 3. The number of amides is 1. The number of carbonyl (C=O) groups excluding carboxylic acids is 1. The summed E-state index contributed by atoms with van der Waals surface area (Å²) in [6.07, 6.45) is 2.27. The van der Waals surface area contributed by atoms with Gasteiger partial charge in [-0.25, -0.2) is 0 Å². The summed E-state index contributed by atoms with van der Waals surface area (Å²) in [5.41, 5.74) is 3.27. The van der Waals surface area contributed by atoms with Crippen LogP contribution in [0.15, 0.2) is 60.3 Å². The lowest BCUT2D eigenvalue weighted by Crippen LogP contribution is -2.25. The van der Waals surface area contributed by atoms with E-state index in [1.54, 1.807) is 6.07 Å². The zero-order valence-corrected chi connectivity index (χ0v) is 14.8. The third-order valence-corrected chi connectivity index (χ3v) is 4.06. The smallest absolute Gasteiger partial charge is 0.263 e. The number of hydrogen-bond donors (Lipinski definition) is 2. The third-order valence-electron chi connectivity index (χ3n) is 3.69. The predicted molar refractivity (Wildman–Crippen MR) is 99.9 cm³/mol. The molecule has 0 unspecified atom stereocenters. The number of carbonyl (C=O) groups is 1. The average Bonchev–Trinajstić information content (AvgIpc) is 2.62. The summed E-state index contributed by atoms with van der Waals surface area (Å²) in [4.78, 5) is 12.1. The van der Waals surface area contributed by atoms with Crippen LogP contribution in [0.5, 0.6) is 0 Å². The van der Waals surface area contributed by atoms with Gasteiger partial charge in [0.2, 0.25) is 0 Å². The van der Waals surface area contributed by atoms with Crippen LogP contribution in [0.3, 0.4) is 0 Å². The van der Waals surface area contributed by atoms with Crippen LogP contribution in [0.1, 0.15) is 16.7 Å². The summed E-state index contributed by atoms with van der Waals surface area (Å²) in [7, 11) is 0. The summed E-state index contributed by atoms with van der Waals surface area (Å²) in [6, 6.07) is 17.4. The van der Waals surface area contributed by atoms with Gasteiger partial charge >= 0.3 is 0 Å². The topological polar surface area (TPSA) is 64.9 Å². The van der Waals surface area contributed by atoms with Crippen molar-refractivity contribution >= 4 is 17.5 Å². The Hall–Kier alpha value is -2.77. The van der Waals surface area contributed by atoms with E-state index in [1.807, 2.05) is 31.2 Å². The molecule has 0 aromatic heterocycles. The molecule has 5 heteroatoms. The Bertz CT molecular complexity index is 791. The molecule has 0 bridgehead atoms. The molecule has 0 aliphatic rings. The Morgan fingerprint density at radius 1 is 1.20 bits per heavy atom. The van der Waals surface area contributed by atoms with Crippen molar-refractivity contribution in [2.45, 2.75) is 19.9 Å². The van der Waals surface area contributed by atoms with Crippen molar-refractivity contribution in [2.75, 3.05) is 6.54 Å². The van der Waals surface area contributed by atoms with Gasteiger partial charge in [-0.05, 0) is 30.5 Å². The largest absolute Gasteiger partial charge is 0.389 e. The molecule has 0 fully saturated rings. The van der Waals surface area contributed by atoms with Crippen LogP contribution in [0.25, 0.3) is 0 Å². The highest BCUT2D eigenvalue weighted by atomic mass is 35.5. The lowest BCUT2D eigenvalue weighted by atomic mass is 10.1. The zero-order valence-electron chi connectivity index (χ0n) is 14.1. The Morgan fingerprint density at radius 3 is 2.60 bits per heavy atom. The molecule has 1 amide bonds. The summed E-state index contributed by atoms with van der Waals surface area (Å²) in [6.45, 7) is 2.97. The van der Waals surface area contributed by atoms with Crippen LogP contribution >= 0.6 is 11.6 Å². The Labute approximate surface area is 153 Å². The van der Waals surface area contributed by atoms with E-state index in [1.165, 1.54) is 17.3 Å². The molecule has 0 saturated heterocycles. The number of benzene rings is 2. The fourth-order valence-electron chi connectivity index (χ4n) is 2.21. The van der Waals surface area contributed by atoms with Gasteiger partial charge in [-0.15, -0.1) is 0 Å². The third kappa shape index (κ3) is 5.98. The molecule has 0 aliphatic carbocycles. The maximum Gasteiger partial charge on any atom is 0.263 e. The number of halogens is 1. The van der Waals surface area contributed by atoms with Crippen molar-refractivity contribution in [3.63, 3.8) is 0 Å². The summed E-state index contributed by atoms with van der Waals surface area (Å²) >= 11 is 6.05. The van der Waals surface area contributed by atoms with Crippen LogP contribution < -0.4 is 10.6 Å². The fourth-order valence-corrected chi connectivity index (χ4v) is 2.41. The normalized spacial score (nSPS) is 10.8. The van der Waals surface area contributed by atoms with E-state index in [2.05, 4.69) is 34.9 Å². The van der Waals surface area contributed by atoms with Crippen molar-refractivity contribution in [1.82, 2.24) is 10.6 Å². The monoisotopic (exact) mass is 353 g/mol. The second-order valence-electron chi connectivity index (χ2n) is 5.63. The molecule has 2 aromatic carbocycles. The Morgan fingerprint density at radius 2 is 1.92 bits per heavy atom. The number of aryl methyl sites for hydroxylation is 1. The summed E-state index contributed by atoms with van der Waals surface area (Å²) in [5, 5.41) is 15.5. The minimum Gasteiger partial charge on any atom is -0.389 e. The van der Waals surface area contributed by atoms with Gasteiger partial charge in [-0.3, -0.25) is 4.79 Å². The lowest BCUT2D eigenvalue weighted by Gasteiger charge is -2.07. The molecule has 0 spiro atoms. The fraction of sp³-hybridized carbons (Fsp3) is 0.200. The van der Waals surface area contributed by atoms with Gasteiger partial charge in [0.1, 0.15) is 11.6 Å². The first kappa shape index (κ1) is 18.6. The van der Waals surface area contributed by atoms with Gasteiger partial charge in [0.15, 0.2) is 0 Å². The van der Waals surface area contributed by atoms with Crippen LogP contribution in [0.2, 0.25) is 5.02 Å². The van der Waals surface area contributed by atoms with E-state index in [9.17, 15) is 4.79 Å². The van der Waals surface area contributed by atoms with Gasteiger partial charge in [-0.2, -0.15) is 5.26 Å². The lowest BCUT2D eigenvalue weighted by molar-refractivity contribution is -0.117. The Balaban J connectivity index is 1.82. The van der Waals surface area contributed by atoms with Crippen LogP contribution in [0, 0.1) is 18.3 Å². The predicted octanol–water partition coefficient (Wildman–Crippen LogP) is 3.50. The highest BCUT2D eigenvalue weighted by molar-refractivity contribution is 6.31. The molecule has 2 rings (SSSR count). The number of nitriles is 1. The molecule has 0 aliphatic heterocycles. The van der Waals surface area contributed by atoms with E-state index >= 15 is 0 Å². The highest BCUT2D eigenvalue weighted by Crippen LogP contribution is 2.14. The zero-order chi connectivity index (χ0) is 18.1. The van der Waals surface area contributed by atoms with Crippen molar-refractivity contribution in [3.05, 3.63) is 82.0 Å². The van der Waals surface area contributed by atoms with Gasteiger partial charge in [0, 0.05) is 24.3 Å². The molecule has 0 saturated carbocycles. The number of nitrogens with zero attached hydrogens (tertiary/aromatic N) is 1. The van der Waals surface area contributed by atoms with Crippen molar-refractivity contribution in [3.8, 4) is 6.07 Å². The van der Waals surface area contributed by atoms with Gasteiger partial charge < -0.3 is 10.6 Å². The molecular weight excluding hydrogens is 334 g/mol. The number of rotatable bonds is 7. The quantitative estimate of drug-likeness (QED) is 0.455.